The third-order valence-corrected chi connectivity index (χ3v) is 3.62. The minimum Gasteiger partial charge on any atom is -0.497 e. The Morgan fingerprint density at radius 2 is 1.79 bits per heavy atom. The van der Waals surface area contributed by atoms with Crippen LogP contribution in [0.15, 0.2) is 67.3 Å². The summed E-state index contributed by atoms with van der Waals surface area (Å²) < 4.78 is 16.4. The topological polar surface area (TPSA) is 44.8 Å². The van der Waals surface area contributed by atoms with Crippen molar-refractivity contribution in [1.29, 1.82) is 0 Å². The maximum atomic E-state index is 12.1. The predicted octanol–water partition coefficient (Wildman–Crippen LogP) is 4.01. The summed E-state index contributed by atoms with van der Waals surface area (Å²) in [6.07, 6.45) is 0.757. The Hall–Kier alpha value is -2.59. The van der Waals surface area contributed by atoms with Gasteiger partial charge in [-0.15, -0.1) is 0 Å². The van der Waals surface area contributed by atoms with E-state index in [2.05, 4.69) is 6.58 Å². The summed E-state index contributed by atoms with van der Waals surface area (Å²) in [5, 5.41) is 0. The standard InChI is InChI=1S/C20H22O4/c1-4-19(24-20(21)17-8-6-5-7-9-17)15(2)23-14-16-10-12-18(22-3)13-11-16/h4-13,15,19H,1,14H2,2-3H3/t15-,19+/m0/s1. The van der Waals surface area contributed by atoms with E-state index in [0.29, 0.717) is 12.2 Å². The van der Waals surface area contributed by atoms with Gasteiger partial charge in [0.2, 0.25) is 0 Å². The van der Waals surface area contributed by atoms with Gasteiger partial charge in [0.1, 0.15) is 11.9 Å². The molecular weight excluding hydrogens is 304 g/mol. The molecule has 0 aromatic heterocycles. The van der Waals surface area contributed by atoms with E-state index >= 15 is 0 Å². The molecule has 2 aromatic rings. The summed E-state index contributed by atoms with van der Waals surface area (Å²) in [5.74, 6) is 0.410. The highest BCUT2D eigenvalue weighted by Gasteiger charge is 2.20. The van der Waals surface area contributed by atoms with Crippen LogP contribution in [-0.2, 0) is 16.1 Å². The molecule has 0 fully saturated rings. The van der Waals surface area contributed by atoms with Gasteiger partial charge in [-0.25, -0.2) is 4.79 Å². The first kappa shape index (κ1) is 17.8. The first-order valence-corrected chi connectivity index (χ1v) is 7.77. The zero-order valence-corrected chi connectivity index (χ0v) is 14.0. The summed E-state index contributed by atoms with van der Waals surface area (Å²) in [7, 11) is 1.63. The zero-order chi connectivity index (χ0) is 17.4. The van der Waals surface area contributed by atoms with Gasteiger partial charge < -0.3 is 14.2 Å². The Morgan fingerprint density at radius 3 is 2.38 bits per heavy atom. The molecule has 0 saturated carbocycles. The molecule has 0 aliphatic rings. The van der Waals surface area contributed by atoms with Crippen LogP contribution in [0.3, 0.4) is 0 Å². The second-order valence-corrected chi connectivity index (χ2v) is 5.34. The van der Waals surface area contributed by atoms with Crippen LogP contribution < -0.4 is 4.74 Å². The van der Waals surface area contributed by atoms with E-state index in [-0.39, 0.29) is 12.1 Å². The molecule has 0 bridgehead atoms. The molecule has 24 heavy (non-hydrogen) atoms. The fourth-order valence-electron chi connectivity index (χ4n) is 2.15. The Labute approximate surface area is 142 Å². The molecule has 4 heteroatoms. The van der Waals surface area contributed by atoms with Crippen molar-refractivity contribution in [3.8, 4) is 5.75 Å². The van der Waals surface area contributed by atoms with Crippen LogP contribution in [0.4, 0.5) is 0 Å². The molecule has 2 rings (SSSR count). The van der Waals surface area contributed by atoms with Crippen molar-refractivity contribution in [3.05, 3.63) is 78.4 Å². The molecule has 4 nitrogen and oxygen atoms in total. The van der Waals surface area contributed by atoms with E-state index < -0.39 is 6.10 Å². The van der Waals surface area contributed by atoms with Crippen molar-refractivity contribution in [3.63, 3.8) is 0 Å². The minimum absolute atomic E-state index is 0.308. The van der Waals surface area contributed by atoms with Crippen molar-refractivity contribution in [2.24, 2.45) is 0 Å². The molecule has 126 valence electrons. The number of esters is 1. The fourth-order valence-corrected chi connectivity index (χ4v) is 2.15. The van der Waals surface area contributed by atoms with Crippen LogP contribution in [0, 0.1) is 0 Å². The average molecular weight is 326 g/mol. The molecule has 0 N–H and O–H groups in total. The molecule has 0 aliphatic heterocycles. The average Bonchev–Trinajstić information content (AvgIpc) is 2.65. The lowest BCUT2D eigenvalue weighted by Gasteiger charge is -2.21. The third-order valence-electron chi connectivity index (χ3n) is 3.62. The first-order chi connectivity index (χ1) is 11.6. The van der Waals surface area contributed by atoms with Crippen molar-refractivity contribution in [2.45, 2.75) is 25.7 Å². The van der Waals surface area contributed by atoms with E-state index in [4.69, 9.17) is 14.2 Å². The van der Waals surface area contributed by atoms with Crippen LogP contribution in [0.25, 0.3) is 0 Å². The quantitative estimate of drug-likeness (QED) is 0.543. The molecule has 2 atom stereocenters. The molecule has 0 spiro atoms. The largest absolute Gasteiger partial charge is 0.497 e. The van der Waals surface area contributed by atoms with E-state index in [9.17, 15) is 4.79 Å². The van der Waals surface area contributed by atoms with Gasteiger partial charge in [0, 0.05) is 0 Å². The maximum absolute atomic E-state index is 12.1. The zero-order valence-electron chi connectivity index (χ0n) is 14.0. The Bertz CT molecular complexity index is 649. The number of hydrogen-bond acceptors (Lipinski definition) is 4. The summed E-state index contributed by atoms with van der Waals surface area (Å²) in [5.41, 5.74) is 1.52. The number of hydrogen-bond donors (Lipinski definition) is 0. The molecule has 0 unspecified atom stereocenters. The van der Waals surface area contributed by atoms with E-state index in [0.717, 1.165) is 11.3 Å². The highest BCUT2D eigenvalue weighted by atomic mass is 16.6. The molecule has 0 aliphatic carbocycles. The van der Waals surface area contributed by atoms with E-state index in [1.165, 1.54) is 0 Å². The fraction of sp³-hybridized carbons (Fsp3) is 0.250. The van der Waals surface area contributed by atoms with Gasteiger partial charge in [-0.05, 0) is 42.8 Å². The molecular formula is C20H22O4. The van der Waals surface area contributed by atoms with Gasteiger partial charge in [0.05, 0.1) is 25.4 Å². The van der Waals surface area contributed by atoms with Gasteiger partial charge in [-0.2, -0.15) is 0 Å². The summed E-state index contributed by atoms with van der Waals surface area (Å²) in [4.78, 5) is 12.1. The number of rotatable bonds is 8. The summed E-state index contributed by atoms with van der Waals surface area (Å²) >= 11 is 0. The van der Waals surface area contributed by atoms with Gasteiger partial charge in [-0.3, -0.25) is 0 Å². The Morgan fingerprint density at radius 1 is 1.12 bits per heavy atom. The highest BCUT2D eigenvalue weighted by Crippen LogP contribution is 2.15. The summed E-state index contributed by atoms with van der Waals surface area (Å²) in [6, 6.07) is 16.5. The number of carbonyl (C=O) groups excluding carboxylic acids is 1. The van der Waals surface area contributed by atoms with Gasteiger partial charge in [0.15, 0.2) is 0 Å². The van der Waals surface area contributed by atoms with E-state index in [1.54, 1.807) is 37.5 Å². The minimum atomic E-state index is -0.518. The maximum Gasteiger partial charge on any atom is 0.338 e. The number of methoxy groups -OCH3 is 1. The van der Waals surface area contributed by atoms with Gasteiger partial charge in [0.25, 0.3) is 0 Å². The molecule has 0 saturated heterocycles. The number of ether oxygens (including phenoxy) is 3. The number of benzene rings is 2. The van der Waals surface area contributed by atoms with Crippen LogP contribution >= 0.6 is 0 Å². The van der Waals surface area contributed by atoms with Crippen molar-refractivity contribution in [2.75, 3.05) is 7.11 Å². The second-order valence-electron chi connectivity index (χ2n) is 5.34. The van der Waals surface area contributed by atoms with Gasteiger partial charge in [-0.1, -0.05) is 36.9 Å². The van der Waals surface area contributed by atoms with Crippen molar-refractivity contribution in [1.82, 2.24) is 0 Å². The van der Waals surface area contributed by atoms with Gasteiger partial charge >= 0.3 is 5.97 Å². The van der Waals surface area contributed by atoms with Crippen LogP contribution in [-0.4, -0.2) is 25.3 Å². The summed E-state index contributed by atoms with van der Waals surface area (Å²) in [6.45, 7) is 6.00. The lowest BCUT2D eigenvalue weighted by atomic mass is 10.2. The van der Waals surface area contributed by atoms with E-state index in [1.807, 2.05) is 37.3 Å². The molecule has 0 heterocycles. The predicted molar refractivity (Wildman–Crippen MR) is 93.1 cm³/mol. The third kappa shape index (κ3) is 4.96. The van der Waals surface area contributed by atoms with Crippen LogP contribution in [0.5, 0.6) is 5.75 Å². The normalized spacial score (nSPS) is 12.9. The van der Waals surface area contributed by atoms with Crippen molar-refractivity contribution < 1.29 is 19.0 Å². The Balaban J connectivity index is 1.89. The van der Waals surface area contributed by atoms with Crippen LogP contribution in [0.1, 0.15) is 22.8 Å². The molecule has 2 aromatic carbocycles. The monoisotopic (exact) mass is 326 g/mol. The van der Waals surface area contributed by atoms with Crippen molar-refractivity contribution >= 4 is 5.97 Å². The second kappa shape index (κ2) is 8.89. The Kier molecular flexibility index (Phi) is 6.58. The molecule has 0 amide bonds. The smallest absolute Gasteiger partial charge is 0.338 e. The lowest BCUT2D eigenvalue weighted by molar-refractivity contribution is -0.0336. The highest BCUT2D eigenvalue weighted by molar-refractivity contribution is 5.89. The van der Waals surface area contributed by atoms with Crippen LogP contribution in [0.2, 0.25) is 0 Å². The SMILES string of the molecule is C=C[C@@H](OC(=O)c1ccccc1)[C@H](C)OCc1ccc(OC)cc1. The molecule has 0 radical (unpaired) electrons. The first-order valence-electron chi connectivity index (χ1n) is 7.77. The lowest BCUT2D eigenvalue weighted by Crippen LogP contribution is -2.29. The number of carbonyl (C=O) groups is 1.